The molecule has 0 radical (unpaired) electrons. The summed E-state index contributed by atoms with van der Waals surface area (Å²) in [5, 5.41) is 10.7. The number of aliphatic hydroxyl groups is 1. The first-order valence-electron chi connectivity index (χ1n) is 6.57. The summed E-state index contributed by atoms with van der Waals surface area (Å²) in [5.41, 5.74) is 1.39. The molecule has 0 aromatic heterocycles. The lowest BCUT2D eigenvalue weighted by Gasteiger charge is -2.30. The summed E-state index contributed by atoms with van der Waals surface area (Å²) in [7, 11) is 0. The maximum absolute atomic E-state index is 12.6. The molecular weight excluding hydrogens is 298 g/mol. The molecule has 5 heteroatoms. The Morgan fingerprint density at radius 2 is 1.86 bits per heavy atom. The standard InChI is InChI=1S/C16H13ClF2O2/c17-11-5-6-14-12(7-11)13(20)8-15(21-14)9-1-3-10(4-2-9)16(18)19/h1-7,13,15-16,20H,8H2/t13-,15?/m1/s1. The van der Waals surface area contributed by atoms with Gasteiger partial charge in [0.25, 0.3) is 6.43 Å². The fraction of sp³-hybridized carbons (Fsp3) is 0.250. The smallest absolute Gasteiger partial charge is 0.263 e. The van der Waals surface area contributed by atoms with Crippen LogP contribution < -0.4 is 4.74 Å². The molecule has 0 amide bonds. The lowest BCUT2D eigenvalue weighted by Crippen LogP contribution is -2.19. The molecular formula is C16H13ClF2O2. The summed E-state index contributed by atoms with van der Waals surface area (Å²) >= 11 is 5.90. The first-order chi connectivity index (χ1) is 10.0. The summed E-state index contributed by atoms with van der Waals surface area (Å²) in [6, 6.07) is 11.1. The zero-order valence-electron chi connectivity index (χ0n) is 11.0. The first-order valence-corrected chi connectivity index (χ1v) is 6.94. The molecule has 2 atom stereocenters. The van der Waals surface area contributed by atoms with E-state index in [4.69, 9.17) is 16.3 Å². The summed E-state index contributed by atoms with van der Waals surface area (Å²) in [4.78, 5) is 0. The van der Waals surface area contributed by atoms with E-state index < -0.39 is 12.5 Å². The third kappa shape index (κ3) is 2.87. The van der Waals surface area contributed by atoms with Crippen molar-refractivity contribution in [3.8, 4) is 5.75 Å². The third-order valence-electron chi connectivity index (χ3n) is 3.60. The van der Waals surface area contributed by atoms with E-state index in [9.17, 15) is 13.9 Å². The Morgan fingerprint density at radius 1 is 1.14 bits per heavy atom. The molecule has 0 saturated carbocycles. The molecule has 110 valence electrons. The molecule has 2 aromatic rings. The van der Waals surface area contributed by atoms with Crippen LogP contribution >= 0.6 is 11.6 Å². The van der Waals surface area contributed by atoms with Crippen molar-refractivity contribution >= 4 is 11.6 Å². The Bertz CT molecular complexity index is 643. The molecule has 2 nitrogen and oxygen atoms in total. The minimum atomic E-state index is -2.49. The van der Waals surface area contributed by atoms with E-state index in [1.807, 2.05) is 0 Å². The van der Waals surface area contributed by atoms with Crippen molar-refractivity contribution in [1.82, 2.24) is 0 Å². The molecule has 1 heterocycles. The van der Waals surface area contributed by atoms with E-state index in [1.54, 1.807) is 30.3 Å². The number of fused-ring (bicyclic) bond motifs is 1. The van der Waals surface area contributed by atoms with Gasteiger partial charge < -0.3 is 9.84 Å². The quantitative estimate of drug-likeness (QED) is 0.860. The maximum atomic E-state index is 12.6. The van der Waals surface area contributed by atoms with Crippen molar-refractivity contribution in [3.63, 3.8) is 0 Å². The summed E-state index contributed by atoms with van der Waals surface area (Å²) in [5.74, 6) is 0.570. The topological polar surface area (TPSA) is 29.5 Å². The molecule has 21 heavy (non-hydrogen) atoms. The number of hydrogen-bond acceptors (Lipinski definition) is 2. The normalized spacial score (nSPS) is 21.0. The fourth-order valence-electron chi connectivity index (χ4n) is 2.48. The van der Waals surface area contributed by atoms with Crippen molar-refractivity contribution < 1.29 is 18.6 Å². The van der Waals surface area contributed by atoms with Gasteiger partial charge in [-0.1, -0.05) is 35.9 Å². The molecule has 1 unspecified atom stereocenters. The number of benzene rings is 2. The molecule has 0 aliphatic carbocycles. The summed E-state index contributed by atoms with van der Waals surface area (Å²) in [6.45, 7) is 0. The molecule has 0 bridgehead atoms. The average Bonchev–Trinajstić information content (AvgIpc) is 2.48. The van der Waals surface area contributed by atoms with Gasteiger partial charge in [-0.2, -0.15) is 0 Å². The van der Waals surface area contributed by atoms with Crippen LogP contribution in [0.1, 0.15) is 41.7 Å². The molecule has 0 spiro atoms. The first kappa shape index (κ1) is 14.3. The zero-order chi connectivity index (χ0) is 15.0. The van der Waals surface area contributed by atoms with Crippen molar-refractivity contribution in [2.45, 2.75) is 25.1 Å². The van der Waals surface area contributed by atoms with Crippen LogP contribution in [-0.4, -0.2) is 5.11 Å². The highest BCUT2D eigenvalue weighted by molar-refractivity contribution is 6.30. The molecule has 3 rings (SSSR count). The summed E-state index contributed by atoms with van der Waals surface area (Å²) < 4.78 is 30.9. The van der Waals surface area contributed by atoms with Crippen LogP contribution in [0.25, 0.3) is 0 Å². The highest BCUT2D eigenvalue weighted by Crippen LogP contribution is 2.41. The number of rotatable bonds is 2. The lowest BCUT2D eigenvalue weighted by atomic mass is 9.94. The molecule has 1 N–H and O–H groups in total. The SMILES string of the molecule is O[C@@H]1CC(c2ccc(C(F)F)cc2)Oc2ccc(Cl)cc21. The largest absolute Gasteiger partial charge is 0.485 e. The highest BCUT2D eigenvalue weighted by Gasteiger charge is 2.28. The van der Waals surface area contributed by atoms with E-state index in [0.29, 0.717) is 22.8 Å². The Kier molecular flexibility index (Phi) is 3.83. The van der Waals surface area contributed by atoms with Crippen LogP contribution in [0.2, 0.25) is 5.02 Å². The van der Waals surface area contributed by atoms with E-state index in [2.05, 4.69) is 0 Å². The Hall–Kier alpha value is -1.65. The Labute approximate surface area is 125 Å². The van der Waals surface area contributed by atoms with Gasteiger partial charge in [-0.25, -0.2) is 8.78 Å². The van der Waals surface area contributed by atoms with Crippen LogP contribution in [0.3, 0.4) is 0 Å². The van der Waals surface area contributed by atoms with E-state index in [0.717, 1.165) is 5.56 Å². The number of ether oxygens (including phenoxy) is 1. The van der Waals surface area contributed by atoms with Gasteiger partial charge in [0.15, 0.2) is 0 Å². The van der Waals surface area contributed by atoms with Crippen molar-refractivity contribution in [2.75, 3.05) is 0 Å². The maximum Gasteiger partial charge on any atom is 0.263 e. The van der Waals surface area contributed by atoms with E-state index in [-0.39, 0.29) is 11.7 Å². The van der Waals surface area contributed by atoms with Crippen LogP contribution in [0.4, 0.5) is 8.78 Å². The van der Waals surface area contributed by atoms with Gasteiger partial charge in [-0.15, -0.1) is 0 Å². The minimum Gasteiger partial charge on any atom is -0.485 e. The molecule has 1 aliphatic rings. The van der Waals surface area contributed by atoms with Gasteiger partial charge in [0.2, 0.25) is 0 Å². The van der Waals surface area contributed by atoms with Gasteiger partial charge in [-0.3, -0.25) is 0 Å². The predicted molar refractivity (Wildman–Crippen MR) is 75.8 cm³/mol. The Balaban J connectivity index is 1.86. The van der Waals surface area contributed by atoms with Gasteiger partial charge in [-0.05, 0) is 23.8 Å². The Morgan fingerprint density at radius 3 is 2.52 bits per heavy atom. The van der Waals surface area contributed by atoms with Crippen LogP contribution in [0, 0.1) is 0 Å². The van der Waals surface area contributed by atoms with Crippen molar-refractivity contribution in [2.24, 2.45) is 0 Å². The fourth-order valence-corrected chi connectivity index (χ4v) is 2.66. The minimum absolute atomic E-state index is 0.0257. The monoisotopic (exact) mass is 310 g/mol. The van der Waals surface area contributed by atoms with E-state index >= 15 is 0 Å². The number of aliphatic hydroxyl groups excluding tert-OH is 1. The van der Waals surface area contributed by atoms with Crippen molar-refractivity contribution in [1.29, 1.82) is 0 Å². The predicted octanol–water partition coefficient (Wildman–Crippen LogP) is 4.83. The van der Waals surface area contributed by atoms with Gasteiger partial charge in [0.1, 0.15) is 11.9 Å². The summed E-state index contributed by atoms with van der Waals surface area (Å²) in [6.07, 6.45) is -3.17. The molecule has 0 saturated heterocycles. The van der Waals surface area contributed by atoms with Crippen LogP contribution in [0.5, 0.6) is 5.75 Å². The molecule has 2 aromatic carbocycles. The molecule has 0 fully saturated rings. The van der Waals surface area contributed by atoms with E-state index in [1.165, 1.54) is 12.1 Å². The molecule has 1 aliphatic heterocycles. The second-order valence-electron chi connectivity index (χ2n) is 5.01. The number of halogens is 3. The van der Waals surface area contributed by atoms with Crippen molar-refractivity contribution in [3.05, 3.63) is 64.2 Å². The van der Waals surface area contributed by atoms with Crippen LogP contribution in [0.15, 0.2) is 42.5 Å². The van der Waals surface area contributed by atoms with Gasteiger partial charge >= 0.3 is 0 Å². The lowest BCUT2D eigenvalue weighted by molar-refractivity contribution is 0.0657. The number of hydrogen-bond donors (Lipinski definition) is 1. The second kappa shape index (κ2) is 5.62. The van der Waals surface area contributed by atoms with Crippen LogP contribution in [-0.2, 0) is 0 Å². The zero-order valence-corrected chi connectivity index (χ0v) is 11.7. The van der Waals surface area contributed by atoms with Gasteiger partial charge in [0.05, 0.1) is 6.10 Å². The second-order valence-corrected chi connectivity index (χ2v) is 5.44. The number of alkyl halides is 2. The third-order valence-corrected chi connectivity index (χ3v) is 3.83. The highest BCUT2D eigenvalue weighted by atomic mass is 35.5. The average molecular weight is 311 g/mol. The van der Waals surface area contributed by atoms with Gasteiger partial charge in [0, 0.05) is 22.6 Å².